The molecule has 2 heteroatoms. The summed E-state index contributed by atoms with van der Waals surface area (Å²) in [6.07, 6.45) is 0. The number of alkyl halides is 1. The highest BCUT2D eigenvalue weighted by atomic mass is 35.5. The van der Waals surface area contributed by atoms with Gasteiger partial charge in [-0.1, -0.05) is 6.92 Å². The summed E-state index contributed by atoms with van der Waals surface area (Å²) in [4.78, 5) is 3.17. The molecule has 0 aliphatic heterocycles. The van der Waals surface area contributed by atoms with E-state index in [1.165, 1.54) is 0 Å². The molecule has 1 atom stereocenters. The lowest BCUT2D eigenvalue weighted by Gasteiger charge is -1.92. The van der Waals surface area contributed by atoms with Gasteiger partial charge >= 0.3 is 0 Å². The van der Waals surface area contributed by atoms with E-state index in [0.29, 0.717) is 18.3 Å². The molecule has 0 N–H and O–H groups in total. The zero-order valence-electron chi connectivity index (χ0n) is 4.32. The minimum Gasteiger partial charge on any atom is -0.317 e. The molecule has 0 saturated carbocycles. The molecule has 0 radical (unpaired) electrons. The van der Waals surface area contributed by atoms with E-state index >= 15 is 0 Å². The molecule has 0 amide bonds. The van der Waals surface area contributed by atoms with Gasteiger partial charge in [-0.05, 0) is 0 Å². The van der Waals surface area contributed by atoms with E-state index in [2.05, 4.69) is 4.85 Å². The summed E-state index contributed by atoms with van der Waals surface area (Å²) in [6, 6.07) is 0. The second-order valence-electron chi connectivity index (χ2n) is 1.60. The van der Waals surface area contributed by atoms with Crippen molar-refractivity contribution in [1.29, 1.82) is 0 Å². The number of rotatable bonds is 2. The molecule has 0 saturated heterocycles. The summed E-state index contributed by atoms with van der Waals surface area (Å²) in [7, 11) is 0. The fourth-order valence-electron chi connectivity index (χ4n) is 0.205. The van der Waals surface area contributed by atoms with Crippen LogP contribution in [0.3, 0.4) is 0 Å². The zero-order valence-corrected chi connectivity index (χ0v) is 5.07. The molecule has 0 rings (SSSR count). The van der Waals surface area contributed by atoms with Crippen molar-refractivity contribution in [2.45, 2.75) is 6.92 Å². The molecule has 1 unspecified atom stereocenters. The first-order valence-electron chi connectivity index (χ1n) is 2.20. The maximum absolute atomic E-state index is 6.40. The molecule has 0 aliphatic rings. The van der Waals surface area contributed by atoms with Crippen molar-refractivity contribution in [1.82, 2.24) is 0 Å². The number of hydrogen-bond acceptors (Lipinski definition) is 0. The van der Waals surface area contributed by atoms with Gasteiger partial charge in [0.1, 0.15) is 0 Å². The van der Waals surface area contributed by atoms with Crippen molar-refractivity contribution in [3.63, 3.8) is 0 Å². The minimum atomic E-state index is 0.360. The summed E-state index contributed by atoms with van der Waals surface area (Å²) < 4.78 is 0. The molecule has 0 aromatic heterocycles. The van der Waals surface area contributed by atoms with Crippen molar-refractivity contribution < 1.29 is 0 Å². The van der Waals surface area contributed by atoms with Gasteiger partial charge in [0.25, 0.3) is 0 Å². The van der Waals surface area contributed by atoms with Gasteiger partial charge in [0.15, 0.2) is 0 Å². The van der Waals surface area contributed by atoms with Gasteiger partial charge in [-0.3, -0.25) is 0 Å². The highest BCUT2D eigenvalue weighted by Crippen LogP contribution is 1.96. The van der Waals surface area contributed by atoms with Crippen molar-refractivity contribution in [3.05, 3.63) is 11.4 Å². The Bertz CT molecular complexity index is 74.6. The van der Waals surface area contributed by atoms with Crippen LogP contribution in [-0.2, 0) is 0 Å². The molecule has 0 aromatic rings. The van der Waals surface area contributed by atoms with Crippen molar-refractivity contribution in [2.24, 2.45) is 5.92 Å². The maximum Gasteiger partial charge on any atom is 0.218 e. The van der Waals surface area contributed by atoms with E-state index in [1.54, 1.807) is 0 Å². The second-order valence-corrected chi connectivity index (χ2v) is 1.91. The van der Waals surface area contributed by atoms with E-state index in [1.807, 2.05) is 6.92 Å². The van der Waals surface area contributed by atoms with Crippen molar-refractivity contribution >= 4 is 11.6 Å². The van der Waals surface area contributed by atoms with E-state index in [0.717, 1.165) is 0 Å². The van der Waals surface area contributed by atoms with E-state index < -0.39 is 0 Å². The number of hydrogen-bond donors (Lipinski definition) is 0. The Balaban J connectivity index is 3.03. The van der Waals surface area contributed by atoms with Crippen LogP contribution in [0, 0.1) is 12.5 Å². The Morgan fingerprint density at radius 3 is 2.57 bits per heavy atom. The first-order valence-corrected chi connectivity index (χ1v) is 2.74. The third-order valence-corrected chi connectivity index (χ3v) is 1.19. The van der Waals surface area contributed by atoms with Crippen LogP contribution in [0.5, 0.6) is 0 Å². The molecule has 0 aromatic carbocycles. The van der Waals surface area contributed by atoms with Crippen molar-refractivity contribution in [2.75, 3.05) is 12.4 Å². The monoisotopic (exact) mass is 117 g/mol. The number of nitrogens with zero attached hydrogens (tertiary/aromatic N) is 1. The lowest BCUT2D eigenvalue weighted by molar-refractivity contribution is 0.719. The van der Waals surface area contributed by atoms with E-state index in [9.17, 15) is 0 Å². The normalized spacial score (nSPS) is 12.7. The molecule has 7 heavy (non-hydrogen) atoms. The van der Waals surface area contributed by atoms with Crippen LogP contribution in [-0.4, -0.2) is 12.4 Å². The molecular weight excluding hydrogens is 110 g/mol. The Labute approximate surface area is 49.1 Å². The largest absolute Gasteiger partial charge is 0.317 e. The van der Waals surface area contributed by atoms with Gasteiger partial charge in [0.2, 0.25) is 6.54 Å². The fourth-order valence-corrected chi connectivity index (χ4v) is 0.302. The Morgan fingerprint density at radius 2 is 2.43 bits per heavy atom. The summed E-state index contributed by atoms with van der Waals surface area (Å²) in [5.74, 6) is 0.960. The first kappa shape index (κ1) is 6.78. The molecule has 1 nitrogen and oxygen atoms in total. The van der Waals surface area contributed by atoms with Crippen LogP contribution < -0.4 is 0 Å². The summed E-state index contributed by atoms with van der Waals surface area (Å²) in [5.41, 5.74) is 0. The van der Waals surface area contributed by atoms with Gasteiger partial charge in [0.05, 0.1) is 0 Å². The highest BCUT2D eigenvalue weighted by molar-refractivity contribution is 6.18. The van der Waals surface area contributed by atoms with Gasteiger partial charge < -0.3 is 4.85 Å². The average molecular weight is 118 g/mol. The van der Waals surface area contributed by atoms with E-state index in [4.69, 9.17) is 18.2 Å². The Morgan fingerprint density at radius 1 is 1.86 bits per heavy atom. The van der Waals surface area contributed by atoms with E-state index in [-0.39, 0.29) is 0 Å². The summed E-state index contributed by atoms with van der Waals surface area (Å²) in [5, 5.41) is 0. The maximum atomic E-state index is 6.40. The third-order valence-electron chi connectivity index (χ3n) is 0.666. The standard InChI is InChI=1S/C5H8ClN/c1-5(3-6)4-7-2/h5H,3-4H2,1H3. The Kier molecular flexibility index (Phi) is 3.83. The molecular formula is C5H8ClN. The lowest BCUT2D eigenvalue weighted by atomic mass is 10.2. The molecule has 0 fully saturated rings. The molecule has 0 heterocycles. The third kappa shape index (κ3) is 3.61. The van der Waals surface area contributed by atoms with Crippen LogP contribution in [0.4, 0.5) is 0 Å². The van der Waals surface area contributed by atoms with Gasteiger partial charge in [-0.2, -0.15) is 0 Å². The molecule has 40 valence electrons. The smallest absolute Gasteiger partial charge is 0.218 e. The zero-order chi connectivity index (χ0) is 5.70. The summed E-state index contributed by atoms with van der Waals surface area (Å²) in [6.45, 7) is 8.93. The summed E-state index contributed by atoms with van der Waals surface area (Å²) >= 11 is 5.39. The van der Waals surface area contributed by atoms with Crippen LogP contribution in [0.25, 0.3) is 4.85 Å². The van der Waals surface area contributed by atoms with Crippen LogP contribution in [0.15, 0.2) is 0 Å². The fraction of sp³-hybridized carbons (Fsp3) is 0.800. The van der Waals surface area contributed by atoms with Gasteiger partial charge in [-0.15, -0.1) is 11.6 Å². The van der Waals surface area contributed by atoms with Crippen LogP contribution in [0.1, 0.15) is 6.92 Å². The quantitative estimate of drug-likeness (QED) is 0.384. The van der Waals surface area contributed by atoms with Gasteiger partial charge in [0, 0.05) is 11.8 Å². The SMILES string of the molecule is [C-]#[N+]CC(C)CCl. The van der Waals surface area contributed by atoms with Gasteiger partial charge in [-0.25, -0.2) is 6.57 Å². The molecule has 0 bridgehead atoms. The predicted octanol–water partition coefficient (Wildman–Crippen LogP) is 1.78. The molecule has 0 spiro atoms. The van der Waals surface area contributed by atoms with Crippen LogP contribution >= 0.6 is 11.6 Å². The Hall–Kier alpha value is -0.220. The first-order chi connectivity index (χ1) is 3.31. The topological polar surface area (TPSA) is 4.36 Å². The second kappa shape index (κ2) is 3.95. The van der Waals surface area contributed by atoms with Crippen molar-refractivity contribution in [3.8, 4) is 0 Å². The lowest BCUT2D eigenvalue weighted by Crippen LogP contribution is -1.97. The average Bonchev–Trinajstić information content (AvgIpc) is 1.68. The minimum absolute atomic E-state index is 0.360. The molecule has 0 aliphatic carbocycles. The van der Waals surface area contributed by atoms with Crippen LogP contribution in [0.2, 0.25) is 0 Å². The number of halogens is 1. The predicted molar refractivity (Wildman–Crippen MR) is 31.4 cm³/mol. The highest BCUT2D eigenvalue weighted by Gasteiger charge is 1.98.